The summed E-state index contributed by atoms with van der Waals surface area (Å²) < 4.78 is 1.75. The molecule has 0 saturated heterocycles. The molecule has 0 saturated carbocycles. The number of carboxylic acid groups (broad SMARTS) is 1. The molecule has 5 heteroatoms. The highest BCUT2D eigenvalue weighted by Gasteiger charge is 2.15. The van der Waals surface area contributed by atoms with Gasteiger partial charge in [-0.2, -0.15) is 0 Å². The lowest BCUT2D eigenvalue weighted by Crippen LogP contribution is -2.06. The molecule has 0 spiro atoms. The average molecular weight is 231 g/mol. The van der Waals surface area contributed by atoms with Gasteiger partial charge in [0, 0.05) is 19.4 Å². The molecule has 88 valence electrons. The van der Waals surface area contributed by atoms with Crippen molar-refractivity contribution >= 4 is 5.97 Å². The van der Waals surface area contributed by atoms with Crippen LogP contribution in [-0.2, 0) is 19.9 Å². The van der Waals surface area contributed by atoms with Crippen LogP contribution in [0.1, 0.15) is 21.7 Å². The van der Waals surface area contributed by atoms with E-state index in [9.17, 15) is 4.79 Å². The van der Waals surface area contributed by atoms with E-state index in [1.54, 1.807) is 24.0 Å². The molecule has 0 fully saturated rings. The van der Waals surface area contributed by atoms with Crippen LogP contribution in [0.4, 0.5) is 0 Å². The number of rotatable bonds is 4. The summed E-state index contributed by atoms with van der Waals surface area (Å²) >= 11 is 0. The third kappa shape index (κ3) is 2.50. The van der Waals surface area contributed by atoms with Crippen LogP contribution in [0.15, 0.2) is 30.9 Å². The number of aryl methyl sites for hydroxylation is 2. The molecule has 0 bridgehead atoms. The number of aromatic carboxylic acids is 1. The fourth-order valence-electron chi connectivity index (χ4n) is 1.74. The Kier molecular flexibility index (Phi) is 3.18. The van der Waals surface area contributed by atoms with E-state index in [0.717, 1.165) is 17.7 Å². The van der Waals surface area contributed by atoms with Crippen LogP contribution >= 0.6 is 0 Å². The minimum atomic E-state index is -0.980. The third-order valence-corrected chi connectivity index (χ3v) is 2.63. The molecule has 2 aromatic rings. The summed E-state index contributed by atoms with van der Waals surface area (Å²) in [4.78, 5) is 18.9. The molecule has 2 rings (SSSR count). The zero-order valence-electron chi connectivity index (χ0n) is 9.50. The van der Waals surface area contributed by atoms with Gasteiger partial charge in [-0.15, -0.1) is 0 Å². The van der Waals surface area contributed by atoms with Crippen molar-refractivity contribution in [3.63, 3.8) is 0 Å². The number of imidazole rings is 1. The summed E-state index contributed by atoms with van der Waals surface area (Å²) in [5, 5.41) is 8.99. The SMILES string of the molecule is Cn1cnc(C(=O)O)c1CCc1cccnc1. The van der Waals surface area contributed by atoms with Gasteiger partial charge in [-0.3, -0.25) is 4.98 Å². The quantitative estimate of drug-likeness (QED) is 0.861. The summed E-state index contributed by atoms with van der Waals surface area (Å²) in [5.41, 5.74) is 1.96. The fourth-order valence-corrected chi connectivity index (χ4v) is 1.74. The van der Waals surface area contributed by atoms with Crippen molar-refractivity contribution in [1.29, 1.82) is 0 Å². The molecule has 0 unspecified atom stereocenters. The topological polar surface area (TPSA) is 68.0 Å². The standard InChI is InChI=1S/C12H13N3O2/c1-15-8-14-11(12(16)17)10(15)5-4-9-3-2-6-13-7-9/h2-3,6-8H,4-5H2,1H3,(H,16,17). The van der Waals surface area contributed by atoms with Crippen molar-refractivity contribution in [2.45, 2.75) is 12.8 Å². The minimum Gasteiger partial charge on any atom is -0.476 e. The van der Waals surface area contributed by atoms with Crippen molar-refractivity contribution < 1.29 is 9.90 Å². The van der Waals surface area contributed by atoms with E-state index >= 15 is 0 Å². The number of hydrogen-bond donors (Lipinski definition) is 1. The molecule has 0 aliphatic carbocycles. The molecule has 0 amide bonds. The molecule has 2 heterocycles. The molecule has 0 atom stereocenters. The van der Waals surface area contributed by atoms with Crippen LogP contribution in [-0.4, -0.2) is 25.6 Å². The number of hydrogen-bond acceptors (Lipinski definition) is 3. The van der Waals surface area contributed by atoms with Gasteiger partial charge in [0.1, 0.15) is 0 Å². The van der Waals surface area contributed by atoms with E-state index in [4.69, 9.17) is 5.11 Å². The molecular formula is C12H13N3O2. The molecule has 2 aromatic heterocycles. The van der Waals surface area contributed by atoms with Crippen molar-refractivity contribution in [2.75, 3.05) is 0 Å². The first-order chi connectivity index (χ1) is 8.18. The Hall–Kier alpha value is -2.17. The zero-order chi connectivity index (χ0) is 12.3. The van der Waals surface area contributed by atoms with Crippen molar-refractivity contribution in [1.82, 2.24) is 14.5 Å². The van der Waals surface area contributed by atoms with Crippen LogP contribution in [0.3, 0.4) is 0 Å². The van der Waals surface area contributed by atoms with Crippen LogP contribution in [0.2, 0.25) is 0 Å². The first kappa shape index (κ1) is 11.3. The van der Waals surface area contributed by atoms with E-state index in [2.05, 4.69) is 9.97 Å². The molecule has 0 aliphatic heterocycles. The lowest BCUT2D eigenvalue weighted by molar-refractivity contribution is 0.0689. The number of aromatic nitrogens is 3. The molecule has 1 N–H and O–H groups in total. The van der Waals surface area contributed by atoms with Gasteiger partial charge in [-0.25, -0.2) is 9.78 Å². The van der Waals surface area contributed by atoms with Gasteiger partial charge >= 0.3 is 5.97 Å². The van der Waals surface area contributed by atoms with Gasteiger partial charge in [0.25, 0.3) is 0 Å². The van der Waals surface area contributed by atoms with E-state index in [0.29, 0.717) is 6.42 Å². The van der Waals surface area contributed by atoms with Gasteiger partial charge < -0.3 is 9.67 Å². The van der Waals surface area contributed by atoms with Gasteiger partial charge in [-0.1, -0.05) is 6.07 Å². The summed E-state index contributed by atoms with van der Waals surface area (Å²) in [6.45, 7) is 0. The predicted octanol–water partition coefficient (Wildman–Crippen LogP) is 1.30. The van der Waals surface area contributed by atoms with Crippen LogP contribution in [0.25, 0.3) is 0 Å². The van der Waals surface area contributed by atoms with E-state index in [1.165, 1.54) is 6.33 Å². The maximum atomic E-state index is 11.0. The van der Waals surface area contributed by atoms with Gasteiger partial charge in [0.2, 0.25) is 0 Å². The average Bonchev–Trinajstić information content (AvgIpc) is 2.69. The number of nitrogens with zero attached hydrogens (tertiary/aromatic N) is 3. The monoisotopic (exact) mass is 231 g/mol. The minimum absolute atomic E-state index is 0.136. The molecule has 0 radical (unpaired) electrons. The first-order valence-electron chi connectivity index (χ1n) is 5.31. The normalized spacial score (nSPS) is 10.4. The van der Waals surface area contributed by atoms with Crippen molar-refractivity contribution in [3.8, 4) is 0 Å². The highest BCUT2D eigenvalue weighted by Crippen LogP contribution is 2.10. The Morgan fingerprint density at radius 2 is 2.29 bits per heavy atom. The summed E-state index contributed by atoms with van der Waals surface area (Å²) in [5.74, 6) is -0.980. The maximum absolute atomic E-state index is 11.0. The maximum Gasteiger partial charge on any atom is 0.356 e. The van der Waals surface area contributed by atoms with Crippen molar-refractivity contribution in [2.24, 2.45) is 7.05 Å². The smallest absolute Gasteiger partial charge is 0.356 e. The van der Waals surface area contributed by atoms with Crippen LogP contribution in [0.5, 0.6) is 0 Å². The van der Waals surface area contributed by atoms with E-state index in [1.807, 2.05) is 12.1 Å². The lowest BCUT2D eigenvalue weighted by Gasteiger charge is -2.03. The molecular weight excluding hydrogens is 218 g/mol. The van der Waals surface area contributed by atoms with Crippen molar-refractivity contribution in [3.05, 3.63) is 47.8 Å². The second-order valence-corrected chi connectivity index (χ2v) is 3.82. The fraction of sp³-hybridized carbons (Fsp3) is 0.250. The number of carbonyl (C=O) groups is 1. The Balaban J connectivity index is 2.14. The Morgan fingerprint density at radius 3 is 2.94 bits per heavy atom. The Bertz CT molecular complexity index is 520. The van der Waals surface area contributed by atoms with Gasteiger partial charge in [0.05, 0.1) is 12.0 Å². The predicted molar refractivity (Wildman–Crippen MR) is 61.8 cm³/mol. The molecule has 5 nitrogen and oxygen atoms in total. The Morgan fingerprint density at radius 1 is 1.47 bits per heavy atom. The lowest BCUT2D eigenvalue weighted by atomic mass is 10.1. The second kappa shape index (κ2) is 4.78. The second-order valence-electron chi connectivity index (χ2n) is 3.82. The van der Waals surface area contributed by atoms with Crippen LogP contribution in [0, 0.1) is 0 Å². The Labute approximate surface area is 98.8 Å². The summed E-state index contributed by atoms with van der Waals surface area (Å²) in [6, 6.07) is 3.85. The summed E-state index contributed by atoms with van der Waals surface area (Å²) in [7, 11) is 1.80. The largest absolute Gasteiger partial charge is 0.476 e. The molecule has 0 aliphatic rings. The van der Waals surface area contributed by atoms with E-state index < -0.39 is 5.97 Å². The molecule has 17 heavy (non-hydrogen) atoms. The van der Waals surface area contributed by atoms with Crippen LogP contribution < -0.4 is 0 Å². The summed E-state index contributed by atoms with van der Waals surface area (Å²) in [6.07, 6.45) is 6.44. The number of carboxylic acids is 1. The number of pyridine rings is 1. The highest BCUT2D eigenvalue weighted by atomic mass is 16.4. The van der Waals surface area contributed by atoms with Gasteiger partial charge in [0.15, 0.2) is 5.69 Å². The zero-order valence-corrected chi connectivity index (χ0v) is 9.50. The van der Waals surface area contributed by atoms with Gasteiger partial charge in [-0.05, 0) is 24.5 Å². The third-order valence-electron chi connectivity index (χ3n) is 2.63. The van der Waals surface area contributed by atoms with E-state index in [-0.39, 0.29) is 5.69 Å². The highest BCUT2D eigenvalue weighted by molar-refractivity contribution is 5.86. The first-order valence-corrected chi connectivity index (χ1v) is 5.31. The molecule has 0 aromatic carbocycles.